The molecule has 104 valence electrons. The average molecular weight is 271 g/mol. The third kappa shape index (κ3) is 2.52. The normalized spacial score (nSPS) is 14.6. The van der Waals surface area contributed by atoms with Crippen molar-refractivity contribution in [3.63, 3.8) is 0 Å². The van der Waals surface area contributed by atoms with Gasteiger partial charge in [0.1, 0.15) is 11.6 Å². The predicted molar refractivity (Wildman–Crippen MR) is 77.1 cm³/mol. The summed E-state index contributed by atoms with van der Waals surface area (Å²) in [4.78, 5) is 18.7. The van der Waals surface area contributed by atoms with Gasteiger partial charge in [0.2, 0.25) is 0 Å². The van der Waals surface area contributed by atoms with Crippen LogP contribution in [0.5, 0.6) is 0 Å². The molecule has 1 aliphatic rings. The number of carbonyl (C=O) groups excluding carboxylic acids is 1. The molecule has 5 heteroatoms. The first kappa shape index (κ1) is 12.7. The number of aryl methyl sites for hydroxylation is 1. The zero-order valence-electron chi connectivity index (χ0n) is 11.4. The van der Waals surface area contributed by atoms with Crippen molar-refractivity contribution in [3.8, 4) is 0 Å². The first-order valence-electron chi connectivity index (χ1n) is 6.80. The minimum Gasteiger partial charge on any atom is -0.469 e. The average Bonchev–Trinajstić information content (AvgIpc) is 3.10. The van der Waals surface area contributed by atoms with Crippen molar-refractivity contribution in [2.75, 3.05) is 23.3 Å². The van der Waals surface area contributed by atoms with E-state index in [1.54, 1.807) is 19.2 Å². The summed E-state index contributed by atoms with van der Waals surface area (Å²) in [5.74, 6) is 1.41. The molecular weight excluding hydrogens is 254 g/mol. The highest BCUT2D eigenvalue weighted by molar-refractivity contribution is 6.04. The molecule has 1 saturated heterocycles. The maximum atomic E-state index is 12.0. The molecule has 0 spiro atoms. The zero-order valence-corrected chi connectivity index (χ0v) is 11.4. The number of nitrogens with one attached hydrogen (secondary N) is 1. The quantitative estimate of drug-likeness (QED) is 0.932. The van der Waals surface area contributed by atoms with Crippen LogP contribution in [-0.2, 0) is 0 Å². The number of carbonyl (C=O) groups is 1. The number of rotatable bonds is 3. The smallest absolute Gasteiger partial charge is 0.259 e. The molecule has 1 fully saturated rings. The molecule has 1 amide bonds. The molecule has 2 aromatic rings. The zero-order chi connectivity index (χ0) is 13.9. The van der Waals surface area contributed by atoms with E-state index >= 15 is 0 Å². The van der Waals surface area contributed by atoms with Gasteiger partial charge in [-0.15, -0.1) is 0 Å². The molecule has 0 aliphatic carbocycles. The standard InChI is InChI=1S/C15H17N3O2/c1-11-13(6-9-20-11)15(19)17-12-4-5-14(16-10-12)18-7-2-3-8-18/h4-6,9-10H,2-3,7-8H2,1H3,(H,17,19). The molecule has 0 atom stereocenters. The molecule has 0 saturated carbocycles. The summed E-state index contributed by atoms with van der Waals surface area (Å²) in [6.45, 7) is 3.89. The summed E-state index contributed by atoms with van der Waals surface area (Å²) in [6.07, 6.45) is 5.65. The van der Waals surface area contributed by atoms with E-state index in [2.05, 4.69) is 15.2 Å². The Hall–Kier alpha value is -2.30. The Morgan fingerprint density at radius 2 is 2.10 bits per heavy atom. The molecule has 1 N–H and O–H groups in total. The van der Waals surface area contributed by atoms with Crippen LogP contribution in [0.4, 0.5) is 11.5 Å². The maximum Gasteiger partial charge on any atom is 0.259 e. The Labute approximate surface area is 117 Å². The summed E-state index contributed by atoms with van der Waals surface area (Å²) in [7, 11) is 0. The van der Waals surface area contributed by atoms with Gasteiger partial charge in [0.05, 0.1) is 23.7 Å². The monoisotopic (exact) mass is 271 g/mol. The second kappa shape index (κ2) is 5.36. The summed E-state index contributed by atoms with van der Waals surface area (Å²) < 4.78 is 5.13. The van der Waals surface area contributed by atoms with Gasteiger partial charge in [0.25, 0.3) is 5.91 Å². The Bertz CT molecular complexity index is 598. The first-order valence-corrected chi connectivity index (χ1v) is 6.80. The molecule has 20 heavy (non-hydrogen) atoms. The molecule has 0 radical (unpaired) electrons. The number of anilines is 2. The molecule has 5 nitrogen and oxygen atoms in total. The fourth-order valence-corrected chi connectivity index (χ4v) is 2.41. The Kier molecular flexibility index (Phi) is 3.41. The van der Waals surface area contributed by atoms with Crippen LogP contribution in [-0.4, -0.2) is 24.0 Å². The van der Waals surface area contributed by atoms with Gasteiger partial charge in [-0.05, 0) is 38.0 Å². The van der Waals surface area contributed by atoms with Gasteiger partial charge in [-0.1, -0.05) is 0 Å². The van der Waals surface area contributed by atoms with E-state index in [1.807, 2.05) is 12.1 Å². The third-order valence-electron chi connectivity index (χ3n) is 3.54. The molecule has 3 heterocycles. The van der Waals surface area contributed by atoms with Crippen LogP contribution in [0.25, 0.3) is 0 Å². The SMILES string of the molecule is Cc1occc1C(=O)Nc1ccc(N2CCCC2)nc1. The largest absolute Gasteiger partial charge is 0.469 e. The van der Waals surface area contributed by atoms with Gasteiger partial charge in [0, 0.05) is 13.1 Å². The van der Waals surface area contributed by atoms with Gasteiger partial charge in [-0.2, -0.15) is 0 Å². The van der Waals surface area contributed by atoms with Gasteiger partial charge >= 0.3 is 0 Å². The molecule has 2 aromatic heterocycles. The first-order chi connectivity index (χ1) is 9.74. The highest BCUT2D eigenvalue weighted by Crippen LogP contribution is 2.19. The van der Waals surface area contributed by atoms with E-state index in [0.717, 1.165) is 18.9 Å². The van der Waals surface area contributed by atoms with Crippen molar-refractivity contribution in [3.05, 3.63) is 42.0 Å². The summed E-state index contributed by atoms with van der Waals surface area (Å²) >= 11 is 0. The minimum absolute atomic E-state index is 0.174. The van der Waals surface area contributed by atoms with E-state index in [4.69, 9.17) is 4.42 Å². The Morgan fingerprint density at radius 1 is 1.30 bits per heavy atom. The Balaban J connectivity index is 1.69. The molecule has 0 aromatic carbocycles. The maximum absolute atomic E-state index is 12.0. The van der Waals surface area contributed by atoms with E-state index in [-0.39, 0.29) is 5.91 Å². The third-order valence-corrected chi connectivity index (χ3v) is 3.54. The van der Waals surface area contributed by atoms with Crippen LogP contribution in [0.3, 0.4) is 0 Å². The van der Waals surface area contributed by atoms with E-state index in [0.29, 0.717) is 17.0 Å². The molecule has 1 aliphatic heterocycles. The van der Waals surface area contributed by atoms with Crippen LogP contribution in [0.15, 0.2) is 35.1 Å². The van der Waals surface area contributed by atoms with E-state index < -0.39 is 0 Å². The van der Waals surface area contributed by atoms with Crippen molar-refractivity contribution in [2.45, 2.75) is 19.8 Å². The highest BCUT2D eigenvalue weighted by Gasteiger charge is 2.14. The second-order valence-corrected chi connectivity index (χ2v) is 4.94. The lowest BCUT2D eigenvalue weighted by molar-refractivity contribution is 0.102. The fourth-order valence-electron chi connectivity index (χ4n) is 2.41. The van der Waals surface area contributed by atoms with Gasteiger partial charge in [-0.25, -0.2) is 4.98 Å². The van der Waals surface area contributed by atoms with Gasteiger partial charge in [0.15, 0.2) is 0 Å². The topological polar surface area (TPSA) is 58.4 Å². The van der Waals surface area contributed by atoms with Crippen molar-refractivity contribution >= 4 is 17.4 Å². The minimum atomic E-state index is -0.174. The van der Waals surface area contributed by atoms with Crippen molar-refractivity contribution < 1.29 is 9.21 Å². The number of pyridine rings is 1. The van der Waals surface area contributed by atoms with E-state index in [1.165, 1.54) is 19.1 Å². The van der Waals surface area contributed by atoms with Crippen LogP contribution >= 0.6 is 0 Å². The summed E-state index contributed by atoms with van der Waals surface area (Å²) in [5, 5.41) is 2.82. The summed E-state index contributed by atoms with van der Waals surface area (Å²) in [6, 6.07) is 5.49. The number of amides is 1. The van der Waals surface area contributed by atoms with Crippen LogP contribution in [0.2, 0.25) is 0 Å². The van der Waals surface area contributed by atoms with Crippen LogP contribution < -0.4 is 10.2 Å². The highest BCUT2D eigenvalue weighted by atomic mass is 16.3. The van der Waals surface area contributed by atoms with Crippen molar-refractivity contribution in [1.29, 1.82) is 0 Å². The number of furan rings is 1. The summed E-state index contributed by atoms with van der Waals surface area (Å²) in [5.41, 5.74) is 1.24. The second-order valence-electron chi connectivity index (χ2n) is 4.94. The Morgan fingerprint density at radius 3 is 2.70 bits per heavy atom. The van der Waals surface area contributed by atoms with Crippen LogP contribution in [0.1, 0.15) is 29.0 Å². The number of hydrogen-bond donors (Lipinski definition) is 1. The molecule has 3 rings (SSSR count). The fraction of sp³-hybridized carbons (Fsp3) is 0.333. The number of aromatic nitrogens is 1. The lowest BCUT2D eigenvalue weighted by Crippen LogP contribution is -2.19. The van der Waals surface area contributed by atoms with Gasteiger partial charge in [-0.3, -0.25) is 4.79 Å². The van der Waals surface area contributed by atoms with Crippen molar-refractivity contribution in [2.24, 2.45) is 0 Å². The lowest BCUT2D eigenvalue weighted by Gasteiger charge is -2.16. The van der Waals surface area contributed by atoms with E-state index in [9.17, 15) is 4.79 Å². The number of hydrogen-bond acceptors (Lipinski definition) is 4. The molecular formula is C15H17N3O2. The van der Waals surface area contributed by atoms with Crippen molar-refractivity contribution in [1.82, 2.24) is 4.98 Å². The molecule has 0 bridgehead atoms. The number of nitrogens with zero attached hydrogens (tertiary/aromatic N) is 2. The lowest BCUT2D eigenvalue weighted by atomic mass is 10.2. The predicted octanol–water partition coefficient (Wildman–Crippen LogP) is 2.84. The van der Waals surface area contributed by atoms with Gasteiger partial charge < -0.3 is 14.6 Å². The van der Waals surface area contributed by atoms with Crippen LogP contribution in [0, 0.1) is 6.92 Å². The molecule has 0 unspecified atom stereocenters.